The number of hydrogen-bond acceptors (Lipinski definition) is 2. The summed E-state index contributed by atoms with van der Waals surface area (Å²) < 4.78 is 2.00. The highest BCUT2D eigenvalue weighted by Gasteiger charge is 2.28. The van der Waals surface area contributed by atoms with Crippen molar-refractivity contribution in [3.63, 3.8) is 0 Å². The van der Waals surface area contributed by atoms with E-state index in [-0.39, 0.29) is 12.0 Å². The maximum atomic E-state index is 12.3. The molecule has 0 spiro atoms. The second-order valence-corrected chi connectivity index (χ2v) is 6.50. The fourth-order valence-corrected chi connectivity index (χ4v) is 3.17. The lowest BCUT2D eigenvalue weighted by Gasteiger charge is -2.25. The summed E-state index contributed by atoms with van der Waals surface area (Å²) in [6.07, 6.45) is 7.66. The number of aromatic nitrogens is 1. The molecule has 1 aromatic heterocycles. The molecule has 110 valence electrons. The van der Waals surface area contributed by atoms with Crippen LogP contribution in [0.4, 0.5) is 0 Å². The molecule has 2 N–H and O–H groups in total. The molecule has 2 fully saturated rings. The molecule has 4 nitrogen and oxygen atoms in total. The largest absolute Gasteiger partial charge is 0.393 e. The number of aliphatic hydroxyl groups is 1. The number of carbonyl (C=O) groups is 1. The van der Waals surface area contributed by atoms with Crippen molar-refractivity contribution in [1.82, 2.24) is 9.88 Å². The molecule has 1 aromatic rings. The van der Waals surface area contributed by atoms with Gasteiger partial charge < -0.3 is 15.0 Å². The molecule has 2 aliphatic rings. The zero-order valence-corrected chi connectivity index (χ0v) is 12.3. The van der Waals surface area contributed by atoms with Crippen LogP contribution in [0.2, 0.25) is 5.02 Å². The highest BCUT2D eigenvalue weighted by Crippen LogP contribution is 2.37. The number of rotatable bonds is 4. The maximum absolute atomic E-state index is 12.3. The van der Waals surface area contributed by atoms with Gasteiger partial charge in [-0.15, -0.1) is 0 Å². The number of halogens is 1. The van der Waals surface area contributed by atoms with Gasteiger partial charge in [0.2, 0.25) is 0 Å². The average Bonchev–Trinajstić information content (AvgIpc) is 3.20. The molecule has 2 saturated carbocycles. The standard InChI is InChI=1S/C15H21ClN2O2/c16-11-7-14(18(9-11)12-3-4-12)15(20)17-8-10-1-5-13(19)6-2-10/h7,9-10,12-13,19H,1-6,8H2,(H,17,20). The van der Waals surface area contributed by atoms with Gasteiger partial charge in [-0.3, -0.25) is 4.79 Å². The van der Waals surface area contributed by atoms with E-state index in [1.807, 2.05) is 10.8 Å². The van der Waals surface area contributed by atoms with Crippen LogP contribution in [0.25, 0.3) is 0 Å². The summed E-state index contributed by atoms with van der Waals surface area (Å²) >= 11 is 6.02. The predicted molar refractivity (Wildman–Crippen MR) is 78.0 cm³/mol. The van der Waals surface area contributed by atoms with E-state index in [1.165, 1.54) is 0 Å². The van der Waals surface area contributed by atoms with E-state index in [9.17, 15) is 9.90 Å². The number of nitrogens with zero attached hydrogens (tertiary/aromatic N) is 1. The normalized spacial score (nSPS) is 26.5. The van der Waals surface area contributed by atoms with Crippen LogP contribution in [0.1, 0.15) is 55.1 Å². The Hall–Kier alpha value is -1.00. The van der Waals surface area contributed by atoms with Gasteiger partial charge in [-0.05, 0) is 50.5 Å². The lowest BCUT2D eigenvalue weighted by molar-refractivity contribution is 0.0902. The van der Waals surface area contributed by atoms with Gasteiger partial charge in [-0.2, -0.15) is 0 Å². The molecule has 5 heteroatoms. The van der Waals surface area contributed by atoms with Crippen LogP contribution in [-0.2, 0) is 0 Å². The van der Waals surface area contributed by atoms with E-state index in [0.717, 1.165) is 38.5 Å². The first-order valence-electron chi connectivity index (χ1n) is 7.47. The van der Waals surface area contributed by atoms with Crippen molar-refractivity contribution in [1.29, 1.82) is 0 Å². The van der Waals surface area contributed by atoms with Crippen LogP contribution >= 0.6 is 11.6 Å². The van der Waals surface area contributed by atoms with Crippen molar-refractivity contribution in [3.8, 4) is 0 Å². The Kier molecular flexibility index (Phi) is 4.03. The summed E-state index contributed by atoms with van der Waals surface area (Å²) in [6.45, 7) is 0.693. The summed E-state index contributed by atoms with van der Waals surface area (Å²) in [5, 5.41) is 13.1. The molecular weight excluding hydrogens is 276 g/mol. The minimum absolute atomic E-state index is 0.0325. The van der Waals surface area contributed by atoms with E-state index in [4.69, 9.17) is 11.6 Å². The molecule has 3 rings (SSSR count). The molecule has 1 amide bonds. The van der Waals surface area contributed by atoms with Crippen LogP contribution in [0, 0.1) is 5.92 Å². The zero-order valence-electron chi connectivity index (χ0n) is 11.5. The summed E-state index contributed by atoms with van der Waals surface area (Å²) in [6, 6.07) is 2.20. The Morgan fingerprint density at radius 1 is 1.30 bits per heavy atom. The second-order valence-electron chi connectivity index (χ2n) is 6.07. The van der Waals surface area contributed by atoms with Crippen LogP contribution in [0.5, 0.6) is 0 Å². The summed E-state index contributed by atoms with van der Waals surface area (Å²) in [7, 11) is 0. The minimum Gasteiger partial charge on any atom is -0.393 e. The Morgan fingerprint density at radius 3 is 2.65 bits per heavy atom. The summed E-state index contributed by atoms with van der Waals surface area (Å²) in [5.74, 6) is 0.456. The molecule has 1 heterocycles. The van der Waals surface area contributed by atoms with Crippen molar-refractivity contribution in [2.24, 2.45) is 5.92 Å². The fourth-order valence-electron chi connectivity index (χ4n) is 2.96. The van der Waals surface area contributed by atoms with Gasteiger partial charge in [0.15, 0.2) is 0 Å². The van der Waals surface area contributed by atoms with Crippen molar-refractivity contribution >= 4 is 17.5 Å². The van der Waals surface area contributed by atoms with Gasteiger partial charge in [0.25, 0.3) is 5.91 Å². The molecule has 0 unspecified atom stereocenters. The van der Waals surface area contributed by atoms with E-state index < -0.39 is 0 Å². The summed E-state index contributed by atoms with van der Waals surface area (Å²) in [4.78, 5) is 12.3. The monoisotopic (exact) mass is 296 g/mol. The smallest absolute Gasteiger partial charge is 0.267 e. The zero-order chi connectivity index (χ0) is 14.1. The number of amides is 1. The Labute approximate surface area is 124 Å². The molecule has 20 heavy (non-hydrogen) atoms. The number of nitrogens with one attached hydrogen (secondary N) is 1. The highest BCUT2D eigenvalue weighted by atomic mass is 35.5. The lowest BCUT2D eigenvalue weighted by Crippen LogP contribution is -2.33. The van der Waals surface area contributed by atoms with E-state index in [1.54, 1.807) is 6.07 Å². The van der Waals surface area contributed by atoms with Crippen molar-refractivity contribution in [3.05, 3.63) is 23.0 Å². The average molecular weight is 297 g/mol. The SMILES string of the molecule is O=C(NCC1CCC(O)CC1)c1cc(Cl)cn1C1CC1. The number of carbonyl (C=O) groups excluding carboxylic acids is 1. The molecule has 0 saturated heterocycles. The van der Waals surface area contributed by atoms with Crippen LogP contribution in [-0.4, -0.2) is 28.2 Å². The molecule has 2 aliphatic carbocycles. The molecule has 0 atom stereocenters. The van der Waals surface area contributed by atoms with E-state index in [0.29, 0.717) is 29.2 Å². The Morgan fingerprint density at radius 2 is 2.00 bits per heavy atom. The fraction of sp³-hybridized carbons (Fsp3) is 0.667. The molecular formula is C15H21ClN2O2. The van der Waals surface area contributed by atoms with E-state index in [2.05, 4.69) is 5.32 Å². The van der Waals surface area contributed by atoms with Gasteiger partial charge in [-0.25, -0.2) is 0 Å². The highest BCUT2D eigenvalue weighted by molar-refractivity contribution is 6.31. The number of aliphatic hydroxyl groups excluding tert-OH is 1. The topological polar surface area (TPSA) is 54.3 Å². The quantitative estimate of drug-likeness (QED) is 0.897. The van der Waals surface area contributed by atoms with Gasteiger partial charge in [0, 0.05) is 18.8 Å². The van der Waals surface area contributed by atoms with Crippen molar-refractivity contribution in [2.75, 3.05) is 6.54 Å². The third-order valence-corrected chi connectivity index (χ3v) is 4.56. The molecule has 0 bridgehead atoms. The first-order valence-corrected chi connectivity index (χ1v) is 7.85. The lowest BCUT2D eigenvalue weighted by atomic mass is 9.87. The number of hydrogen-bond donors (Lipinski definition) is 2. The van der Waals surface area contributed by atoms with Crippen LogP contribution in [0.3, 0.4) is 0 Å². The Balaban J connectivity index is 1.56. The first-order chi connectivity index (χ1) is 9.63. The van der Waals surface area contributed by atoms with Gasteiger partial charge >= 0.3 is 0 Å². The second kappa shape index (κ2) is 5.78. The van der Waals surface area contributed by atoms with Gasteiger partial charge in [0.05, 0.1) is 11.1 Å². The predicted octanol–water partition coefficient (Wildman–Crippen LogP) is 2.76. The van der Waals surface area contributed by atoms with Gasteiger partial charge in [0.1, 0.15) is 5.69 Å². The van der Waals surface area contributed by atoms with Crippen LogP contribution < -0.4 is 5.32 Å². The molecule has 0 radical (unpaired) electrons. The maximum Gasteiger partial charge on any atom is 0.267 e. The first kappa shape index (κ1) is 14.0. The van der Waals surface area contributed by atoms with Crippen LogP contribution in [0.15, 0.2) is 12.3 Å². The summed E-state index contributed by atoms with van der Waals surface area (Å²) in [5.41, 5.74) is 0.674. The van der Waals surface area contributed by atoms with Gasteiger partial charge in [-0.1, -0.05) is 11.6 Å². The Bertz CT molecular complexity index is 488. The molecule has 0 aliphatic heterocycles. The van der Waals surface area contributed by atoms with Crippen molar-refractivity contribution in [2.45, 2.75) is 50.7 Å². The third kappa shape index (κ3) is 3.18. The van der Waals surface area contributed by atoms with Crippen molar-refractivity contribution < 1.29 is 9.90 Å². The minimum atomic E-state index is -0.146. The third-order valence-electron chi connectivity index (χ3n) is 4.36. The van der Waals surface area contributed by atoms with E-state index >= 15 is 0 Å². The molecule has 0 aromatic carbocycles.